The van der Waals surface area contributed by atoms with Gasteiger partial charge in [-0.15, -0.1) is 0 Å². The Morgan fingerprint density at radius 2 is 2.14 bits per heavy atom. The quantitative estimate of drug-likeness (QED) is 0.400. The fraction of sp³-hybridized carbons (Fsp3) is 0.688. The molecule has 1 aromatic heterocycles. The summed E-state index contributed by atoms with van der Waals surface area (Å²) in [4.78, 5) is 37.2. The molecule has 1 unspecified atom stereocenters. The molecule has 0 aromatic carbocycles. The van der Waals surface area contributed by atoms with Crippen molar-refractivity contribution in [2.75, 3.05) is 6.61 Å². The number of aliphatic hydroxyl groups excluding tert-OH is 1. The summed E-state index contributed by atoms with van der Waals surface area (Å²) in [7, 11) is -3.83. The smallest absolute Gasteiger partial charge is 0.406 e. The maximum absolute atomic E-state index is 12.9. The molecule has 1 aliphatic carbocycles. The van der Waals surface area contributed by atoms with Gasteiger partial charge >= 0.3 is 19.4 Å². The number of hydrogen-bond acceptors (Lipinski definition) is 9. The summed E-state index contributed by atoms with van der Waals surface area (Å²) in [6.07, 6.45) is -2.73. The number of hydrogen-bond donors (Lipinski definition) is 3. The van der Waals surface area contributed by atoms with Crippen LogP contribution in [0, 0.1) is 5.41 Å². The van der Waals surface area contributed by atoms with Crippen molar-refractivity contribution in [1.82, 2.24) is 14.6 Å². The summed E-state index contributed by atoms with van der Waals surface area (Å²) < 4.78 is 35.6. The predicted molar refractivity (Wildman–Crippen MR) is 95.9 cm³/mol. The number of fused-ring (bicyclic) bond motifs is 1. The molecule has 29 heavy (non-hydrogen) atoms. The summed E-state index contributed by atoms with van der Waals surface area (Å²) in [5, 5.41) is 13.3. The average Bonchev–Trinajstić information content (AvgIpc) is 3.14. The van der Waals surface area contributed by atoms with Gasteiger partial charge in [0, 0.05) is 12.3 Å². The zero-order valence-corrected chi connectivity index (χ0v) is 16.8. The lowest BCUT2D eigenvalue weighted by atomic mass is 9.99. The fourth-order valence-electron chi connectivity index (χ4n) is 3.73. The van der Waals surface area contributed by atoms with Crippen molar-refractivity contribution in [3.05, 3.63) is 33.1 Å². The summed E-state index contributed by atoms with van der Waals surface area (Å²) >= 11 is 0. The van der Waals surface area contributed by atoms with Crippen molar-refractivity contribution in [1.29, 1.82) is 0 Å². The van der Waals surface area contributed by atoms with Crippen LogP contribution in [0.25, 0.3) is 0 Å². The van der Waals surface area contributed by atoms with Gasteiger partial charge in [-0.2, -0.15) is 0 Å². The lowest BCUT2D eigenvalue weighted by molar-refractivity contribution is -0.149. The zero-order valence-electron chi connectivity index (χ0n) is 15.9. The van der Waals surface area contributed by atoms with Gasteiger partial charge in [0.1, 0.15) is 24.4 Å². The number of ether oxygens (including phenoxy) is 2. The minimum Gasteiger partial charge on any atom is -0.462 e. The van der Waals surface area contributed by atoms with Crippen molar-refractivity contribution >= 4 is 13.7 Å². The monoisotopic (exact) mass is 431 g/mol. The molecular formula is C16H22N3O9P. The second-order valence-electron chi connectivity index (χ2n) is 7.66. The van der Waals surface area contributed by atoms with E-state index in [1.54, 1.807) is 13.8 Å². The Morgan fingerprint density at radius 1 is 1.41 bits per heavy atom. The minimum atomic E-state index is -3.83. The third-order valence-corrected chi connectivity index (χ3v) is 6.93. The van der Waals surface area contributed by atoms with Gasteiger partial charge in [0.2, 0.25) is 0 Å². The number of H-pyrrole nitrogens is 1. The predicted octanol–water partition coefficient (Wildman–Crippen LogP) is -0.752. The second-order valence-corrected chi connectivity index (χ2v) is 9.38. The van der Waals surface area contributed by atoms with E-state index in [-0.39, 0.29) is 12.7 Å². The second kappa shape index (κ2) is 6.86. The molecule has 12 nitrogen and oxygen atoms in total. The van der Waals surface area contributed by atoms with Crippen LogP contribution in [-0.2, 0) is 27.9 Å². The van der Waals surface area contributed by atoms with Crippen molar-refractivity contribution in [3.63, 3.8) is 0 Å². The number of nitrogens with zero attached hydrogens (tertiary/aromatic N) is 1. The van der Waals surface area contributed by atoms with Gasteiger partial charge in [0.25, 0.3) is 5.56 Å². The first-order chi connectivity index (χ1) is 13.6. The molecule has 13 heteroatoms. The number of nitrogens with one attached hydrogen (secondary N) is 2. The number of rotatable bonds is 5. The highest BCUT2D eigenvalue weighted by molar-refractivity contribution is 7.51. The van der Waals surface area contributed by atoms with Crippen LogP contribution in [-0.4, -0.2) is 57.7 Å². The van der Waals surface area contributed by atoms with Crippen molar-refractivity contribution in [2.24, 2.45) is 5.41 Å². The Bertz CT molecular complexity index is 990. The molecule has 2 saturated heterocycles. The number of aromatic nitrogens is 2. The number of aliphatic hydroxyl groups is 1. The third kappa shape index (κ3) is 3.29. The van der Waals surface area contributed by atoms with E-state index in [1.807, 2.05) is 0 Å². The first-order valence-electron chi connectivity index (χ1n) is 9.14. The first kappa shape index (κ1) is 20.5. The molecule has 1 saturated carbocycles. The topological polar surface area (TPSA) is 158 Å². The number of esters is 1. The molecule has 3 fully saturated rings. The Balaban J connectivity index is 1.45. The summed E-state index contributed by atoms with van der Waals surface area (Å²) in [6.45, 7) is 4.70. The highest BCUT2D eigenvalue weighted by atomic mass is 31.2. The maximum Gasteiger partial charge on any atom is 0.406 e. The van der Waals surface area contributed by atoms with Crippen LogP contribution in [0.1, 0.15) is 27.0 Å². The highest BCUT2D eigenvalue weighted by Crippen LogP contribution is 2.70. The Hall–Kier alpha value is -1.82. The fourth-order valence-corrected chi connectivity index (χ4v) is 5.51. The van der Waals surface area contributed by atoms with Crippen LogP contribution >= 0.6 is 7.75 Å². The molecule has 1 aromatic rings. The third-order valence-electron chi connectivity index (χ3n) is 5.25. The van der Waals surface area contributed by atoms with E-state index in [1.165, 1.54) is 13.1 Å². The van der Waals surface area contributed by atoms with Crippen LogP contribution in [0.4, 0.5) is 0 Å². The molecule has 0 radical (unpaired) electrons. The SMILES string of the molecule is CC(C)OC(=O)[C@H](C)N[P@@]1(=O)OC[C@]23C(O1)[C@H]2O[C@@H](n1ccc(=O)[nH]c1=O)[C@@H]3O. The summed E-state index contributed by atoms with van der Waals surface area (Å²) in [6, 6.07) is 0.203. The van der Waals surface area contributed by atoms with E-state index in [0.717, 1.165) is 10.6 Å². The van der Waals surface area contributed by atoms with Crippen LogP contribution in [0.5, 0.6) is 0 Å². The Kier molecular flexibility index (Phi) is 4.84. The van der Waals surface area contributed by atoms with Gasteiger partial charge in [-0.05, 0) is 20.8 Å². The molecule has 160 valence electrons. The van der Waals surface area contributed by atoms with E-state index in [9.17, 15) is 24.1 Å². The molecule has 3 heterocycles. The number of aromatic amines is 1. The van der Waals surface area contributed by atoms with E-state index >= 15 is 0 Å². The molecule has 3 N–H and O–H groups in total. The molecule has 1 spiro atoms. The van der Waals surface area contributed by atoms with Crippen LogP contribution in [0.15, 0.2) is 21.9 Å². The highest BCUT2D eigenvalue weighted by Gasteiger charge is 2.81. The largest absolute Gasteiger partial charge is 0.462 e. The molecular weight excluding hydrogens is 409 g/mol. The normalized spacial score (nSPS) is 38.9. The maximum atomic E-state index is 12.9. The van der Waals surface area contributed by atoms with E-state index < -0.39 is 61.0 Å². The average molecular weight is 431 g/mol. The van der Waals surface area contributed by atoms with Gasteiger partial charge in [-0.25, -0.2) is 14.4 Å². The van der Waals surface area contributed by atoms with Gasteiger partial charge in [-0.3, -0.25) is 28.2 Å². The van der Waals surface area contributed by atoms with Crippen LogP contribution in [0.2, 0.25) is 0 Å². The standard InChI is InChI=1S/C16H22N3O9P/c1-7(2)26-14(22)8(3)18-29(24)25-6-16-10(21)13(27-11(16)12(16)28-29)19-5-4-9(20)17-15(19)23/h4-5,7-8,10-13,21H,6H2,1-3H3,(H,18,24)(H,17,20,23)/t8-,10-,11+,12?,13+,16+,29+/m0/s1. The van der Waals surface area contributed by atoms with Gasteiger partial charge in [-0.1, -0.05) is 0 Å². The molecule has 0 bridgehead atoms. The molecule has 0 amide bonds. The van der Waals surface area contributed by atoms with E-state index in [4.69, 9.17) is 18.5 Å². The van der Waals surface area contributed by atoms with E-state index in [0.29, 0.717) is 0 Å². The lowest BCUT2D eigenvalue weighted by Gasteiger charge is -2.33. The van der Waals surface area contributed by atoms with Crippen LogP contribution < -0.4 is 16.3 Å². The van der Waals surface area contributed by atoms with Gasteiger partial charge < -0.3 is 14.6 Å². The molecule has 3 aliphatic rings. The van der Waals surface area contributed by atoms with E-state index in [2.05, 4.69) is 10.1 Å². The van der Waals surface area contributed by atoms with Crippen molar-refractivity contribution in [2.45, 2.75) is 57.5 Å². The molecule has 2 aliphatic heterocycles. The Morgan fingerprint density at radius 3 is 2.79 bits per heavy atom. The Labute approximate surface area is 164 Å². The number of carbonyl (C=O) groups excluding carboxylic acids is 1. The zero-order chi connectivity index (χ0) is 21.1. The number of carbonyl (C=O) groups is 1. The molecule has 4 rings (SSSR count). The minimum absolute atomic E-state index is 0.158. The summed E-state index contributed by atoms with van der Waals surface area (Å²) in [5.74, 6) is -0.604. The van der Waals surface area contributed by atoms with Gasteiger partial charge in [0.15, 0.2) is 6.23 Å². The summed E-state index contributed by atoms with van der Waals surface area (Å²) in [5.41, 5.74) is -2.28. The molecule has 7 atom stereocenters. The van der Waals surface area contributed by atoms with Crippen LogP contribution in [0.3, 0.4) is 0 Å². The van der Waals surface area contributed by atoms with Crippen molar-refractivity contribution in [3.8, 4) is 0 Å². The first-order valence-corrected chi connectivity index (χ1v) is 10.7. The van der Waals surface area contributed by atoms with Crippen molar-refractivity contribution < 1.29 is 33.0 Å². The lowest BCUT2D eigenvalue weighted by Crippen LogP contribution is -2.44. The van der Waals surface area contributed by atoms with Gasteiger partial charge in [0.05, 0.1) is 18.1 Å².